The molecule has 31 heavy (non-hydrogen) atoms. The van der Waals surface area contributed by atoms with Gasteiger partial charge >= 0.3 is 0 Å². The lowest BCUT2D eigenvalue weighted by molar-refractivity contribution is -0.138. The number of nitrogens with zero attached hydrogens (tertiary/aromatic N) is 3. The average Bonchev–Trinajstić information content (AvgIpc) is 3.46. The second-order valence-corrected chi connectivity index (χ2v) is 9.47. The minimum Gasteiger partial charge on any atom is -0.340 e. The van der Waals surface area contributed by atoms with Gasteiger partial charge in [0.2, 0.25) is 11.8 Å². The molecule has 1 aromatic heterocycles. The van der Waals surface area contributed by atoms with Crippen LogP contribution in [0.25, 0.3) is 0 Å². The number of amides is 3. The molecule has 2 aliphatic heterocycles. The number of aromatic nitrogens is 1. The van der Waals surface area contributed by atoms with Crippen molar-refractivity contribution < 1.29 is 14.4 Å². The summed E-state index contributed by atoms with van der Waals surface area (Å²) in [5.74, 6) is -0.832. The van der Waals surface area contributed by atoms with Crippen molar-refractivity contribution in [3.05, 3.63) is 45.4 Å². The number of benzene rings is 1. The molecule has 3 amide bonds. The molecule has 2 fully saturated rings. The Labute approximate surface area is 194 Å². The molecule has 0 saturated carbocycles. The molecule has 2 unspecified atom stereocenters. The number of carbonyl (C=O) groups is 3. The maximum atomic E-state index is 13.3. The van der Waals surface area contributed by atoms with Gasteiger partial charge in [-0.2, -0.15) is 0 Å². The molecule has 164 valence electrons. The van der Waals surface area contributed by atoms with Gasteiger partial charge in [0.25, 0.3) is 5.91 Å². The number of rotatable bonds is 4. The van der Waals surface area contributed by atoms with E-state index in [0.29, 0.717) is 53.2 Å². The van der Waals surface area contributed by atoms with Crippen LogP contribution in [-0.4, -0.2) is 58.2 Å². The van der Waals surface area contributed by atoms with Gasteiger partial charge in [0.1, 0.15) is 6.04 Å². The number of carbonyl (C=O) groups excluding carboxylic acids is 3. The Morgan fingerprint density at radius 1 is 1.13 bits per heavy atom. The molecule has 2 aromatic rings. The highest BCUT2D eigenvalue weighted by atomic mass is 35.5. The lowest BCUT2D eigenvalue weighted by Gasteiger charge is -2.35. The Kier molecular flexibility index (Phi) is 6.79. The largest absolute Gasteiger partial charge is 0.340 e. The Bertz CT molecular complexity index is 985. The van der Waals surface area contributed by atoms with E-state index < -0.39 is 6.04 Å². The lowest BCUT2D eigenvalue weighted by Crippen LogP contribution is -2.51. The van der Waals surface area contributed by atoms with Crippen LogP contribution in [0.2, 0.25) is 10.0 Å². The number of nitrogens with one attached hydrogen (secondary N) is 1. The minimum atomic E-state index is -0.552. The van der Waals surface area contributed by atoms with Crippen molar-refractivity contribution in [3.63, 3.8) is 0 Å². The minimum absolute atomic E-state index is 0.115. The van der Waals surface area contributed by atoms with Gasteiger partial charge in [-0.3, -0.25) is 14.4 Å². The Balaban J connectivity index is 1.44. The third-order valence-corrected chi connectivity index (χ3v) is 6.98. The van der Waals surface area contributed by atoms with Gasteiger partial charge in [0.15, 0.2) is 5.13 Å². The van der Waals surface area contributed by atoms with E-state index in [1.165, 1.54) is 17.4 Å². The number of piperidine rings is 1. The van der Waals surface area contributed by atoms with E-state index >= 15 is 0 Å². The third-order valence-electron chi connectivity index (χ3n) is 5.72. The van der Waals surface area contributed by atoms with E-state index in [2.05, 4.69) is 10.3 Å². The zero-order chi connectivity index (χ0) is 22.0. The van der Waals surface area contributed by atoms with E-state index in [9.17, 15) is 14.4 Å². The molecule has 1 aromatic carbocycles. The van der Waals surface area contributed by atoms with Crippen LogP contribution in [0.1, 0.15) is 36.0 Å². The standard InChI is InChI=1S/C21H22Cl2N4O3S/c22-14-5-6-16(23)15(11-14)19(29)27-9-2-4-17(27)20(30)26-8-1-3-13(12-26)18(28)25-21-24-7-10-31-21/h5-7,10-11,13,17H,1-4,8-9,12H2,(H,24,25,28). The molecule has 10 heteroatoms. The Hall–Kier alpha value is -2.16. The highest BCUT2D eigenvalue weighted by molar-refractivity contribution is 7.13. The van der Waals surface area contributed by atoms with Crippen molar-refractivity contribution in [1.82, 2.24) is 14.8 Å². The van der Waals surface area contributed by atoms with Gasteiger partial charge in [0.05, 0.1) is 16.5 Å². The maximum absolute atomic E-state index is 13.3. The van der Waals surface area contributed by atoms with Crippen LogP contribution in [0.15, 0.2) is 29.8 Å². The first-order valence-corrected chi connectivity index (χ1v) is 11.8. The molecule has 0 aliphatic carbocycles. The zero-order valence-corrected chi connectivity index (χ0v) is 19.1. The summed E-state index contributed by atoms with van der Waals surface area (Å²) in [4.78, 5) is 46.4. The Morgan fingerprint density at radius 2 is 1.94 bits per heavy atom. The topological polar surface area (TPSA) is 82.6 Å². The highest BCUT2D eigenvalue weighted by Gasteiger charge is 2.39. The van der Waals surface area contributed by atoms with E-state index in [4.69, 9.17) is 23.2 Å². The smallest absolute Gasteiger partial charge is 0.256 e. The molecule has 2 atom stereocenters. The summed E-state index contributed by atoms with van der Waals surface area (Å²) in [5.41, 5.74) is 0.299. The fourth-order valence-electron chi connectivity index (χ4n) is 4.18. The van der Waals surface area contributed by atoms with Gasteiger partial charge < -0.3 is 15.1 Å². The second kappa shape index (κ2) is 9.54. The first-order valence-electron chi connectivity index (χ1n) is 10.2. The molecule has 1 N–H and O–H groups in total. The van der Waals surface area contributed by atoms with Gasteiger partial charge in [-0.05, 0) is 43.9 Å². The average molecular weight is 481 g/mol. The van der Waals surface area contributed by atoms with E-state index in [0.717, 1.165) is 12.8 Å². The second-order valence-electron chi connectivity index (χ2n) is 7.73. The summed E-state index contributed by atoms with van der Waals surface area (Å²) < 4.78 is 0. The molecular weight excluding hydrogens is 459 g/mol. The number of hydrogen-bond donors (Lipinski definition) is 1. The normalized spacial score (nSPS) is 21.2. The SMILES string of the molecule is O=C(Nc1nccs1)C1CCCN(C(=O)C2CCCN2C(=O)c2cc(Cl)ccc2Cl)C1. The first-order chi connectivity index (χ1) is 14.9. The molecule has 3 heterocycles. The lowest BCUT2D eigenvalue weighted by atomic mass is 9.96. The molecule has 7 nitrogen and oxygen atoms in total. The number of anilines is 1. The van der Waals surface area contributed by atoms with E-state index in [1.54, 1.807) is 33.5 Å². The van der Waals surface area contributed by atoms with Gasteiger partial charge in [-0.25, -0.2) is 4.98 Å². The van der Waals surface area contributed by atoms with Crippen LogP contribution in [0.4, 0.5) is 5.13 Å². The van der Waals surface area contributed by atoms with E-state index in [-0.39, 0.29) is 23.6 Å². The monoisotopic (exact) mass is 480 g/mol. The third kappa shape index (κ3) is 4.86. The van der Waals surface area contributed by atoms with Gasteiger partial charge in [-0.15, -0.1) is 11.3 Å². The van der Waals surface area contributed by atoms with Crippen molar-refractivity contribution in [1.29, 1.82) is 0 Å². The first kappa shape index (κ1) is 22.0. The summed E-state index contributed by atoms with van der Waals surface area (Å²) in [7, 11) is 0. The zero-order valence-electron chi connectivity index (χ0n) is 16.7. The maximum Gasteiger partial charge on any atom is 0.256 e. The number of hydrogen-bond acceptors (Lipinski definition) is 5. The van der Waals surface area contributed by atoms with Crippen LogP contribution >= 0.6 is 34.5 Å². The van der Waals surface area contributed by atoms with Crippen molar-refractivity contribution in [3.8, 4) is 0 Å². The summed E-state index contributed by atoms with van der Waals surface area (Å²) in [6.07, 6.45) is 4.42. The van der Waals surface area contributed by atoms with Crippen molar-refractivity contribution in [2.24, 2.45) is 5.92 Å². The number of likely N-dealkylation sites (tertiary alicyclic amines) is 2. The van der Waals surface area contributed by atoms with Gasteiger partial charge in [0, 0.05) is 36.2 Å². The van der Waals surface area contributed by atoms with Crippen LogP contribution in [0, 0.1) is 5.92 Å². The molecule has 2 aliphatic rings. The van der Waals surface area contributed by atoms with Crippen LogP contribution in [-0.2, 0) is 9.59 Å². The van der Waals surface area contributed by atoms with Crippen molar-refractivity contribution in [2.45, 2.75) is 31.7 Å². The Morgan fingerprint density at radius 3 is 2.71 bits per heavy atom. The fraction of sp³-hybridized carbons (Fsp3) is 0.429. The predicted octanol–water partition coefficient (Wildman–Crippen LogP) is 3.93. The highest BCUT2D eigenvalue weighted by Crippen LogP contribution is 2.28. The van der Waals surface area contributed by atoms with E-state index in [1.807, 2.05) is 0 Å². The van der Waals surface area contributed by atoms with Gasteiger partial charge in [-0.1, -0.05) is 23.2 Å². The molecule has 0 spiro atoms. The molecular formula is C21H22Cl2N4O3S. The predicted molar refractivity (Wildman–Crippen MR) is 121 cm³/mol. The van der Waals surface area contributed by atoms with Crippen molar-refractivity contribution in [2.75, 3.05) is 25.0 Å². The molecule has 2 saturated heterocycles. The number of halogens is 2. The molecule has 0 bridgehead atoms. The molecule has 0 radical (unpaired) electrons. The van der Waals surface area contributed by atoms with Crippen molar-refractivity contribution >= 4 is 57.4 Å². The molecule has 4 rings (SSSR count). The quantitative estimate of drug-likeness (QED) is 0.718. The fourth-order valence-corrected chi connectivity index (χ4v) is 5.08. The van der Waals surface area contributed by atoms with Crippen LogP contribution < -0.4 is 5.32 Å². The summed E-state index contributed by atoms with van der Waals surface area (Å²) in [5, 5.41) is 5.90. The summed E-state index contributed by atoms with van der Waals surface area (Å²) >= 11 is 13.6. The summed E-state index contributed by atoms with van der Waals surface area (Å²) in [6, 6.07) is 4.19. The summed E-state index contributed by atoms with van der Waals surface area (Å²) in [6.45, 7) is 1.41. The number of thiazole rings is 1. The van der Waals surface area contributed by atoms with Crippen LogP contribution in [0.3, 0.4) is 0 Å². The van der Waals surface area contributed by atoms with Crippen LogP contribution in [0.5, 0.6) is 0 Å².